The van der Waals surface area contributed by atoms with Gasteiger partial charge in [0.2, 0.25) is 0 Å². The van der Waals surface area contributed by atoms with E-state index < -0.39 is 11.9 Å². The van der Waals surface area contributed by atoms with Crippen molar-refractivity contribution in [3.05, 3.63) is 39.2 Å². The van der Waals surface area contributed by atoms with E-state index in [0.29, 0.717) is 5.56 Å². The number of carbonyl (C=O) groups excluding carboxylic acids is 1. The lowest BCUT2D eigenvalue weighted by Gasteiger charge is -2.04. The normalized spacial score (nSPS) is 10.3. The van der Waals surface area contributed by atoms with Crippen LogP contribution in [-0.4, -0.2) is 27.0 Å². The topological polar surface area (TPSA) is 92.2 Å². The highest BCUT2D eigenvalue weighted by Gasteiger charge is 2.21. The lowest BCUT2D eigenvalue weighted by atomic mass is 10.1. The minimum absolute atomic E-state index is 0.0255. The molecule has 0 bridgehead atoms. The third kappa shape index (κ3) is 2.78. The third-order valence-electron chi connectivity index (χ3n) is 2.66. The number of hydrogen-bond donors (Lipinski definition) is 2. The number of aromatic carboxylic acids is 1. The monoisotopic (exact) mass is 311 g/mol. The van der Waals surface area contributed by atoms with E-state index >= 15 is 0 Å². The van der Waals surface area contributed by atoms with Crippen molar-refractivity contribution in [1.29, 1.82) is 0 Å². The maximum atomic E-state index is 12.0. The minimum atomic E-state index is -1.08. The highest BCUT2D eigenvalue weighted by Crippen LogP contribution is 2.32. The molecule has 6 nitrogen and oxygen atoms in total. The quantitative estimate of drug-likeness (QED) is 0.909. The van der Waals surface area contributed by atoms with Crippen molar-refractivity contribution in [2.45, 2.75) is 13.8 Å². The first-order chi connectivity index (χ1) is 9.40. The predicted molar refractivity (Wildman–Crippen MR) is 75.7 cm³/mol. The molecule has 0 aliphatic heterocycles. The molecule has 0 aromatic carbocycles. The highest BCUT2D eigenvalue weighted by molar-refractivity contribution is 7.16. The number of carbonyl (C=O) groups is 2. The minimum Gasteiger partial charge on any atom is -0.478 e. The molecule has 0 fully saturated rings. The molecule has 0 saturated heterocycles. The van der Waals surface area contributed by atoms with Gasteiger partial charge in [0.15, 0.2) is 0 Å². The van der Waals surface area contributed by atoms with Gasteiger partial charge < -0.3 is 10.4 Å². The van der Waals surface area contributed by atoms with Crippen LogP contribution >= 0.6 is 22.9 Å². The van der Waals surface area contributed by atoms with Gasteiger partial charge in [-0.25, -0.2) is 9.78 Å². The Balaban J connectivity index is 2.33. The fourth-order valence-electron chi connectivity index (χ4n) is 1.59. The van der Waals surface area contributed by atoms with Crippen molar-refractivity contribution in [3.63, 3.8) is 0 Å². The Morgan fingerprint density at radius 1 is 1.35 bits per heavy atom. The van der Waals surface area contributed by atoms with Crippen molar-refractivity contribution < 1.29 is 14.7 Å². The molecule has 0 aliphatic rings. The number of carboxylic acid groups (broad SMARTS) is 1. The molecule has 104 valence electrons. The molecule has 1 amide bonds. The number of rotatable bonds is 3. The fourth-order valence-corrected chi connectivity index (χ4v) is 2.79. The number of thiophene rings is 1. The summed E-state index contributed by atoms with van der Waals surface area (Å²) >= 11 is 6.86. The van der Waals surface area contributed by atoms with E-state index in [4.69, 9.17) is 11.6 Å². The van der Waals surface area contributed by atoms with Crippen molar-refractivity contribution in [2.75, 3.05) is 5.32 Å². The highest BCUT2D eigenvalue weighted by atomic mass is 35.5. The molecule has 0 aliphatic carbocycles. The molecule has 0 atom stereocenters. The molecule has 2 aromatic rings. The van der Waals surface area contributed by atoms with Gasteiger partial charge in [-0.05, 0) is 19.4 Å². The van der Waals surface area contributed by atoms with Gasteiger partial charge in [0.1, 0.15) is 15.8 Å². The molecule has 0 saturated carbocycles. The molecule has 0 unspecified atom stereocenters. The zero-order valence-electron chi connectivity index (χ0n) is 10.6. The second-order valence-corrected chi connectivity index (χ2v) is 5.59. The van der Waals surface area contributed by atoms with Crippen LogP contribution in [-0.2, 0) is 0 Å². The van der Waals surface area contributed by atoms with E-state index in [9.17, 15) is 14.7 Å². The van der Waals surface area contributed by atoms with Crippen molar-refractivity contribution in [2.24, 2.45) is 0 Å². The molecular formula is C12H10ClN3O3S. The average Bonchev–Trinajstić information content (AvgIpc) is 2.64. The summed E-state index contributed by atoms with van der Waals surface area (Å²) in [7, 11) is 0. The zero-order chi connectivity index (χ0) is 14.9. The maximum Gasteiger partial charge on any atom is 0.338 e. The first kappa shape index (κ1) is 14.4. The van der Waals surface area contributed by atoms with Crippen molar-refractivity contribution in [1.82, 2.24) is 9.97 Å². The van der Waals surface area contributed by atoms with Crippen LogP contribution in [0.5, 0.6) is 0 Å². The van der Waals surface area contributed by atoms with Gasteiger partial charge in [0.25, 0.3) is 5.91 Å². The number of hydrogen-bond acceptors (Lipinski definition) is 5. The Bertz CT molecular complexity index is 699. The van der Waals surface area contributed by atoms with E-state index in [1.807, 2.05) is 0 Å². The number of halogens is 1. The van der Waals surface area contributed by atoms with Crippen LogP contribution in [0.15, 0.2) is 12.4 Å². The van der Waals surface area contributed by atoms with E-state index in [0.717, 1.165) is 4.88 Å². The van der Waals surface area contributed by atoms with Gasteiger partial charge in [-0.3, -0.25) is 9.78 Å². The van der Waals surface area contributed by atoms with E-state index in [1.165, 1.54) is 23.7 Å². The van der Waals surface area contributed by atoms with Gasteiger partial charge in [0, 0.05) is 4.88 Å². The fraction of sp³-hybridized carbons (Fsp3) is 0.167. The van der Waals surface area contributed by atoms with E-state index in [-0.39, 0.29) is 21.4 Å². The number of nitrogens with one attached hydrogen (secondary N) is 1. The molecule has 8 heteroatoms. The van der Waals surface area contributed by atoms with Gasteiger partial charge >= 0.3 is 5.97 Å². The maximum absolute atomic E-state index is 12.0. The predicted octanol–water partition coefficient (Wildman–Crippen LogP) is 2.76. The Kier molecular flexibility index (Phi) is 4.01. The van der Waals surface area contributed by atoms with Gasteiger partial charge in [-0.1, -0.05) is 11.6 Å². The Labute approximate surface area is 123 Å². The molecule has 0 radical (unpaired) electrons. The van der Waals surface area contributed by atoms with Crippen LogP contribution < -0.4 is 5.32 Å². The van der Waals surface area contributed by atoms with Crippen LogP contribution in [0.4, 0.5) is 5.00 Å². The molecule has 2 N–H and O–H groups in total. The average molecular weight is 312 g/mol. The molecule has 2 aromatic heterocycles. The van der Waals surface area contributed by atoms with Crippen LogP contribution in [0, 0.1) is 13.8 Å². The van der Waals surface area contributed by atoms with E-state index in [1.54, 1.807) is 13.8 Å². The molecule has 2 rings (SSSR count). The Hall–Kier alpha value is -1.99. The van der Waals surface area contributed by atoms with E-state index in [2.05, 4.69) is 15.3 Å². The number of carboxylic acids is 1. The summed E-state index contributed by atoms with van der Waals surface area (Å²) in [4.78, 5) is 31.6. The smallest absolute Gasteiger partial charge is 0.338 e. The number of amides is 1. The molecule has 2 heterocycles. The van der Waals surface area contributed by atoms with Crippen molar-refractivity contribution in [3.8, 4) is 0 Å². The zero-order valence-corrected chi connectivity index (χ0v) is 12.2. The number of aromatic nitrogens is 2. The number of anilines is 1. The lowest BCUT2D eigenvalue weighted by molar-refractivity contribution is 0.0697. The lowest BCUT2D eigenvalue weighted by Crippen LogP contribution is -2.15. The van der Waals surface area contributed by atoms with Gasteiger partial charge in [-0.2, -0.15) is 0 Å². The first-order valence-electron chi connectivity index (χ1n) is 5.52. The summed E-state index contributed by atoms with van der Waals surface area (Å²) in [6.07, 6.45) is 2.56. The summed E-state index contributed by atoms with van der Waals surface area (Å²) in [5, 5.41) is 12.1. The van der Waals surface area contributed by atoms with Crippen LogP contribution in [0.3, 0.4) is 0 Å². The molecular weight excluding hydrogens is 302 g/mol. The van der Waals surface area contributed by atoms with Gasteiger partial charge in [0.05, 0.1) is 18.0 Å². The molecule has 20 heavy (non-hydrogen) atoms. The van der Waals surface area contributed by atoms with Crippen LogP contribution in [0.1, 0.15) is 31.3 Å². The SMILES string of the molecule is Cc1sc(NC(=O)c2cncc(Cl)n2)c(C(=O)O)c1C. The second kappa shape index (κ2) is 5.56. The second-order valence-electron chi connectivity index (χ2n) is 3.97. The largest absolute Gasteiger partial charge is 0.478 e. The molecule has 0 spiro atoms. The summed E-state index contributed by atoms with van der Waals surface area (Å²) in [6, 6.07) is 0. The Morgan fingerprint density at radius 3 is 2.65 bits per heavy atom. The summed E-state index contributed by atoms with van der Waals surface area (Å²) < 4.78 is 0. The summed E-state index contributed by atoms with van der Waals surface area (Å²) in [5.74, 6) is -1.64. The summed E-state index contributed by atoms with van der Waals surface area (Å²) in [6.45, 7) is 3.49. The van der Waals surface area contributed by atoms with Gasteiger partial charge in [-0.15, -0.1) is 11.3 Å². The number of aryl methyl sites for hydroxylation is 1. The van der Waals surface area contributed by atoms with Crippen LogP contribution in [0.2, 0.25) is 5.15 Å². The van der Waals surface area contributed by atoms with Crippen molar-refractivity contribution >= 4 is 39.8 Å². The Morgan fingerprint density at radius 2 is 2.05 bits per heavy atom. The first-order valence-corrected chi connectivity index (χ1v) is 6.71. The number of nitrogens with zero attached hydrogens (tertiary/aromatic N) is 2. The standard InChI is InChI=1S/C12H10ClN3O3S/c1-5-6(2)20-11(9(5)12(18)19)16-10(17)7-3-14-4-8(13)15-7/h3-4H,1-2H3,(H,16,17)(H,18,19). The third-order valence-corrected chi connectivity index (χ3v) is 3.97. The van der Waals surface area contributed by atoms with Crippen LogP contribution in [0.25, 0.3) is 0 Å². The summed E-state index contributed by atoms with van der Waals surface area (Å²) in [5.41, 5.74) is 0.753.